The Balaban J connectivity index is 2.08. The van der Waals surface area contributed by atoms with Crippen molar-refractivity contribution >= 4 is 46.4 Å². The number of halogens is 2. The molecule has 0 saturated heterocycles. The summed E-state index contributed by atoms with van der Waals surface area (Å²) in [6.45, 7) is 4.94. The molecule has 0 fully saturated rings. The summed E-state index contributed by atoms with van der Waals surface area (Å²) in [7, 11) is 0. The lowest BCUT2D eigenvalue weighted by atomic mass is 10.0. The summed E-state index contributed by atoms with van der Waals surface area (Å²) in [5.41, 5.74) is 3.26. The Morgan fingerprint density at radius 2 is 1.79 bits per heavy atom. The minimum Gasteiger partial charge on any atom is -0.491 e. The summed E-state index contributed by atoms with van der Waals surface area (Å²) < 4.78 is 5.44. The van der Waals surface area contributed by atoms with Crippen LogP contribution in [-0.2, 0) is 4.79 Å². The van der Waals surface area contributed by atoms with Crippen molar-refractivity contribution in [2.45, 2.75) is 13.8 Å². The van der Waals surface area contributed by atoms with Crippen LogP contribution in [-0.4, -0.2) is 19.1 Å². The van der Waals surface area contributed by atoms with Crippen LogP contribution in [0.5, 0.6) is 5.75 Å². The number of hydrogen-bond donors (Lipinski definition) is 0. The van der Waals surface area contributed by atoms with Gasteiger partial charge in [-0.25, -0.2) is 0 Å². The zero-order chi connectivity index (χ0) is 17.3. The molecule has 0 spiro atoms. The lowest BCUT2D eigenvalue weighted by Crippen LogP contribution is -2.25. The Kier molecular flexibility index (Phi) is 4.83. The van der Waals surface area contributed by atoms with Crippen molar-refractivity contribution in [2.24, 2.45) is 0 Å². The molecule has 1 amide bonds. The molecule has 124 valence electrons. The Morgan fingerprint density at radius 3 is 2.42 bits per heavy atom. The van der Waals surface area contributed by atoms with Crippen LogP contribution in [0.1, 0.15) is 25.0 Å². The molecule has 0 saturated carbocycles. The van der Waals surface area contributed by atoms with Gasteiger partial charge in [-0.2, -0.15) is 0 Å². The van der Waals surface area contributed by atoms with Crippen molar-refractivity contribution in [2.75, 3.05) is 18.1 Å². The average Bonchev–Trinajstić information content (AvgIpc) is 2.83. The maximum atomic E-state index is 12.7. The van der Waals surface area contributed by atoms with Crippen LogP contribution in [0.2, 0.25) is 10.0 Å². The van der Waals surface area contributed by atoms with E-state index in [9.17, 15) is 4.79 Å². The highest BCUT2D eigenvalue weighted by Crippen LogP contribution is 2.39. The van der Waals surface area contributed by atoms with E-state index in [1.165, 1.54) is 0 Å². The predicted molar refractivity (Wildman–Crippen MR) is 100.0 cm³/mol. The number of nitrogens with zero attached hydrogens (tertiary/aromatic N) is 1. The SMILES string of the molecule is CCOc1c(Cl)cc(/C=C2\C(=O)N(CC)c3ccccc32)cc1Cl. The number of anilines is 1. The third kappa shape index (κ3) is 2.90. The summed E-state index contributed by atoms with van der Waals surface area (Å²) >= 11 is 12.5. The summed E-state index contributed by atoms with van der Waals surface area (Å²) in [5.74, 6) is 0.455. The Labute approximate surface area is 151 Å². The number of benzene rings is 2. The van der Waals surface area contributed by atoms with Gasteiger partial charge in [-0.05, 0) is 43.7 Å². The zero-order valence-corrected chi connectivity index (χ0v) is 15.0. The van der Waals surface area contributed by atoms with Crippen LogP contribution in [0.15, 0.2) is 36.4 Å². The number of amides is 1. The third-order valence-corrected chi connectivity index (χ3v) is 4.46. The molecule has 24 heavy (non-hydrogen) atoms. The molecule has 0 bridgehead atoms. The molecule has 2 aromatic rings. The van der Waals surface area contributed by atoms with Gasteiger partial charge in [0, 0.05) is 17.7 Å². The second-order valence-corrected chi connectivity index (χ2v) is 6.19. The molecule has 5 heteroatoms. The van der Waals surface area contributed by atoms with Gasteiger partial charge in [0.2, 0.25) is 0 Å². The van der Waals surface area contributed by atoms with Crippen LogP contribution in [0.4, 0.5) is 5.69 Å². The maximum absolute atomic E-state index is 12.7. The topological polar surface area (TPSA) is 29.5 Å². The van der Waals surface area contributed by atoms with Crippen molar-refractivity contribution in [1.29, 1.82) is 0 Å². The van der Waals surface area contributed by atoms with Gasteiger partial charge in [-0.3, -0.25) is 4.79 Å². The standard InChI is InChI=1S/C19H17Cl2NO2/c1-3-22-17-8-6-5-7-13(17)14(19(22)23)9-12-10-15(20)18(24-4-2)16(21)11-12/h5-11H,3-4H2,1-2H3/b14-9-. The molecule has 0 unspecified atom stereocenters. The first-order valence-electron chi connectivity index (χ1n) is 7.81. The molecule has 1 aliphatic rings. The van der Waals surface area contributed by atoms with Crippen molar-refractivity contribution < 1.29 is 9.53 Å². The first kappa shape index (κ1) is 16.9. The molecule has 1 aliphatic heterocycles. The van der Waals surface area contributed by atoms with Crippen LogP contribution < -0.4 is 9.64 Å². The number of fused-ring (bicyclic) bond motifs is 1. The van der Waals surface area contributed by atoms with Gasteiger partial charge in [0.25, 0.3) is 5.91 Å². The Hall–Kier alpha value is -1.97. The normalized spacial score (nSPS) is 15.1. The molecule has 0 N–H and O–H groups in total. The van der Waals surface area contributed by atoms with Crippen LogP contribution in [0.3, 0.4) is 0 Å². The van der Waals surface area contributed by atoms with Crippen LogP contribution >= 0.6 is 23.2 Å². The second kappa shape index (κ2) is 6.88. The van der Waals surface area contributed by atoms with Gasteiger partial charge < -0.3 is 9.64 Å². The number of likely N-dealkylation sites (N-methyl/N-ethyl adjacent to an activating group) is 1. The predicted octanol–water partition coefficient (Wildman–Crippen LogP) is 5.30. The molecular weight excluding hydrogens is 345 g/mol. The molecule has 0 aromatic heterocycles. The quantitative estimate of drug-likeness (QED) is 0.691. The van der Waals surface area contributed by atoms with Gasteiger partial charge in [-0.15, -0.1) is 0 Å². The van der Waals surface area contributed by atoms with E-state index in [0.717, 1.165) is 16.8 Å². The van der Waals surface area contributed by atoms with E-state index in [-0.39, 0.29) is 5.91 Å². The van der Waals surface area contributed by atoms with Crippen LogP contribution in [0.25, 0.3) is 11.6 Å². The smallest absolute Gasteiger partial charge is 0.258 e. The highest BCUT2D eigenvalue weighted by atomic mass is 35.5. The summed E-state index contributed by atoms with van der Waals surface area (Å²) in [5, 5.41) is 0.865. The fourth-order valence-corrected chi connectivity index (χ4v) is 3.48. The van der Waals surface area contributed by atoms with Crippen molar-refractivity contribution in [3.63, 3.8) is 0 Å². The molecule has 0 atom stereocenters. The Bertz CT molecular complexity index is 807. The molecule has 3 rings (SSSR count). The van der Waals surface area contributed by atoms with Gasteiger partial charge in [0.1, 0.15) is 0 Å². The molecule has 0 radical (unpaired) electrons. The van der Waals surface area contributed by atoms with Crippen molar-refractivity contribution in [3.8, 4) is 5.75 Å². The number of rotatable bonds is 4. The van der Waals surface area contributed by atoms with Gasteiger partial charge in [-0.1, -0.05) is 41.4 Å². The van der Waals surface area contributed by atoms with E-state index < -0.39 is 0 Å². The van der Waals surface area contributed by atoms with E-state index >= 15 is 0 Å². The first-order valence-corrected chi connectivity index (χ1v) is 8.57. The molecule has 1 heterocycles. The molecule has 0 aliphatic carbocycles. The number of carbonyl (C=O) groups is 1. The maximum Gasteiger partial charge on any atom is 0.258 e. The largest absolute Gasteiger partial charge is 0.491 e. The zero-order valence-electron chi connectivity index (χ0n) is 13.5. The van der Waals surface area contributed by atoms with Gasteiger partial charge >= 0.3 is 0 Å². The molecular formula is C19H17Cl2NO2. The van der Waals surface area contributed by atoms with Gasteiger partial charge in [0.05, 0.1) is 22.3 Å². The fraction of sp³-hybridized carbons (Fsp3) is 0.211. The number of carbonyl (C=O) groups excluding carboxylic acids is 1. The Morgan fingerprint density at radius 1 is 1.12 bits per heavy atom. The minimum absolute atomic E-state index is 0.0140. The van der Waals surface area contributed by atoms with E-state index in [2.05, 4.69) is 0 Å². The number of ether oxygens (including phenoxy) is 1. The highest BCUT2D eigenvalue weighted by molar-refractivity contribution is 6.38. The third-order valence-electron chi connectivity index (χ3n) is 3.90. The lowest BCUT2D eigenvalue weighted by molar-refractivity contribution is -0.112. The van der Waals surface area contributed by atoms with Gasteiger partial charge in [0.15, 0.2) is 5.75 Å². The van der Waals surface area contributed by atoms with Crippen molar-refractivity contribution in [1.82, 2.24) is 0 Å². The lowest BCUT2D eigenvalue weighted by Gasteiger charge is -2.13. The molecule has 3 nitrogen and oxygen atoms in total. The van der Waals surface area contributed by atoms with Crippen molar-refractivity contribution in [3.05, 3.63) is 57.6 Å². The fourth-order valence-electron chi connectivity index (χ4n) is 2.87. The summed E-state index contributed by atoms with van der Waals surface area (Å²) in [6, 6.07) is 11.3. The highest BCUT2D eigenvalue weighted by Gasteiger charge is 2.30. The van der Waals surface area contributed by atoms with E-state index in [4.69, 9.17) is 27.9 Å². The van der Waals surface area contributed by atoms with E-state index in [0.29, 0.717) is 34.5 Å². The summed E-state index contributed by atoms with van der Waals surface area (Å²) in [4.78, 5) is 14.5. The van der Waals surface area contributed by atoms with E-state index in [1.54, 1.807) is 17.0 Å². The second-order valence-electron chi connectivity index (χ2n) is 5.37. The molecule has 2 aromatic carbocycles. The minimum atomic E-state index is -0.0140. The van der Waals surface area contributed by atoms with Crippen LogP contribution in [0, 0.1) is 0 Å². The number of para-hydroxylation sites is 1. The van der Waals surface area contributed by atoms with E-state index in [1.807, 2.05) is 44.2 Å². The number of hydrogen-bond acceptors (Lipinski definition) is 2. The monoisotopic (exact) mass is 361 g/mol. The average molecular weight is 362 g/mol. The summed E-state index contributed by atoms with van der Waals surface area (Å²) in [6.07, 6.45) is 1.82. The first-order chi connectivity index (χ1) is 11.6.